The molecule has 2 heterocycles. The highest BCUT2D eigenvalue weighted by Crippen LogP contribution is 2.29. The van der Waals surface area contributed by atoms with Gasteiger partial charge in [-0.25, -0.2) is 12.7 Å². The van der Waals surface area contributed by atoms with Crippen molar-refractivity contribution in [3.63, 3.8) is 0 Å². The Morgan fingerprint density at radius 1 is 1.45 bits per heavy atom. The summed E-state index contributed by atoms with van der Waals surface area (Å²) in [5.41, 5.74) is 5.55. The third-order valence-electron chi connectivity index (χ3n) is 3.53. The standard InChI is InChI=1S/C11H20N4O4S/c1-9-13-10(14-19-9)11(12)3-5-15(6-4-11)20(16,17)8-7-18-2/h3-8,12H2,1-2H3. The molecule has 114 valence electrons. The number of rotatable bonds is 5. The first-order chi connectivity index (χ1) is 9.37. The molecule has 0 bridgehead atoms. The third kappa shape index (κ3) is 3.17. The Labute approximate surface area is 118 Å². The van der Waals surface area contributed by atoms with Crippen LogP contribution in [0.15, 0.2) is 4.52 Å². The molecule has 9 heteroatoms. The average molecular weight is 304 g/mol. The first kappa shape index (κ1) is 15.4. The molecule has 1 aromatic heterocycles. The molecule has 1 aliphatic rings. The van der Waals surface area contributed by atoms with Crippen molar-refractivity contribution < 1.29 is 17.7 Å². The van der Waals surface area contributed by atoms with E-state index < -0.39 is 15.6 Å². The first-order valence-corrected chi connectivity index (χ1v) is 8.05. The van der Waals surface area contributed by atoms with Crippen molar-refractivity contribution in [2.24, 2.45) is 5.73 Å². The van der Waals surface area contributed by atoms with Crippen molar-refractivity contribution in [1.82, 2.24) is 14.4 Å². The Balaban J connectivity index is 2.02. The van der Waals surface area contributed by atoms with Gasteiger partial charge in [0.15, 0.2) is 5.82 Å². The molecule has 0 amide bonds. The molecule has 0 spiro atoms. The van der Waals surface area contributed by atoms with Gasteiger partial charge in [0.25, 0.3) is 0 Å². The summed E-state index contributed by atoms with van der Waals surface area (Å²) in [5, 5.41) is 3.85. The zero-order chi connectivity index (χ0) is 14.8. The van der Waals surface area contributed by atoms with Gasteiger partial charge in [0.1, 0.15) is 0 Å². The number of ether oxygens (including phenoxy) is 1. The fourth-order valence-electron chi connectivity index (χ4n) is 2.21. The van der Waals surface area contributed by atoms with Gasteiger partial charge >= 0.3 is 0 Å². The second-order valence-electron chi connectivity index (χ2n) is 5.00. The highest BCUT2D eigenvalue weighted by atomic mass is 32.2. The number of methoxy groups -OCH3 is 1. The van der Waals surface area contributed by atoms with Crippen LogP contribution in [0.4, 0.5) is 0 Å². The van der Waals surface area contributed by atoms with E-state index in [4.69, 9.17) is 15.0 Å². The highest BCUT2D eigenvalue weighted by Gasteiger charge is 2.39. The number of piperidine rings is 1. The molecule has 8 nitrogen and oxygen atoms in total. The van der Waals surface area contributed by atoms with Crippen LogP contribution in [-0.4, -0.2) is 55.4 Å². The molecule has 0 radical (unpaired) electrons. The summed E-state index contributed by atoms with van der Waals surface area (Å²) in [4.78, 5) is 4.15. The molecule has 1 aliphatic heterocycles. The highest BCUT2D eigenvalue weighted by molar-refractivity contribution is 7.89. The van der Waals surface area contributed by atoms with Gasteiger partial charge in [0.05, 0.1) is 17.9 Å². The van der Waals surface area contributed by atoms with Crippen molar-refractivity contribution in [3.05, 3.63) is 11.7 Å². The van der Waals surface area contributed by atoms with Crippen LogP contribution in [0.25, 0.3) is 0 Å². The van der Waals surface area contributed by atoms with E-state index in [1.54, 1.807) is 6.92 Å². The lowest BCUT2D eigenvalue weighted by molar-refractivity contribution is 0.206. The quantitative estimate of drug-likeness (QED) is 0.788. The number of aromatic nitrogens is 2. The van der Waals surface area contributed by atoms with E-state index in [1.807, 2.05) is 0 Å². The minimum Gasteiger partial charge on any atom is -0.384 e. The van der Waals surface area contributed by atoms with Crippen LogP contribution in [-0.2, 0) is 20.3 Å². The maximum atomic E-state index is 12.1. The zero-order valence-corrected chi connectivity index (χ0v) is 12.5. The van der Waals surface area contributed by atoms with Gasteiger partial charge in [-0.1, -0.05) is 5.16 Å². The van der Waals surface area contributed by atoms with Crippen LogP contribution < -0.4 is 5.73 Å². The van der Waals surface area contributed by atoms with Gasteiger partial charge in [-0.2, -0.15) is 4.98 Å². The van der Waals surface area contributed by atoms with E-state index in [2.05, 4.69) is 10.1 Å². The van der Waals surface area contributed by atoms with E-state index in [1.165, 1.54) is 11.4 Å². The molecule has 0 saturated carbocycles. The van der Waals surface area contributed by atoms with Gasteiger partial charge in [-0.3, -0.25) is 0 Å². The summed E-state index contributed by atoms with van der Waals surface area (Å²) in [6.45, 7) is 2.60. The fourth-order valence-corrected chi connectivity index (χ4v) is 3.58. The summed E-state index contributed by atoms with van der Waals surface area (Å²) in [6, 6.07) is 0. The summed E-state index contributed by atoms with van der Waals surface area (Å²) < 4.78 is 35.3. The SMILES string of the molecule is COCCS(=O)(=O)N1CCC(N)(c2noc(C)n2)CC1. The summed E-state index contributed by atoms with van der Waals surface area (Å²) in [6.07, 6.45) is 0.941. The monoisotopic (exact) mass is 304 g/mol. The predicted molar refractivity (Wildman–Crippen MR) is 71.4 cm³/mol. The smallest absolute Gasteiger partial charge is 0.223 e. The molecule has 0 aliphatic carbocycles. The predicted octanol–water partition coefficient (Wildman–Crippen LogP) is -0.396. The van der Waals surface area contributed by atoms with Crippen LogP contribution in [0, 0.1) is 6.92 Å². The molecule has 2 rings (SSSR count). The van der Waals surface area contributed by atoms with Crippen LogP contribution >= 0.6 is 0 Å². The third-order valence-corrected chi connectivity index (χ3v) is 5.36. The van der Waals surface area contributed by atoms with Crippen molar-refractivity contribution >= 4 is 10.0 Å². The van der Waals surface area contributed by atoms with Gasteiger partial charge in [-0.15, -0.1) is 0 Å². The van der Waals surface area contributed by atoms with Crippen molar-refractivity contribution in [2.75, 3.05) is 32.6 Å². The number of nitrogens with two attached hydrogens (primary N) is 1. The zero-order valence-electron chi connectivity index (χ0n) is 11.7. The first-order valence-electron chi connectivity index (χ1n) is 6.44. The number of hydrogen-bond acceptors (Lipinski definition) is 7. The minimum atomic E-state index is -3.28. The summed E-state index contributed by atoms with van der Waals surface area (Å²) >= 11 is 0. The van der Waals surface area contributed by atoms with Crippen LogP contribution in [0.2, 0.25) is 0 Å². The number of sulfonamides is 1. The molecule has 0 aromatic carbocycles. The van der Waals surface area contributed by atoms with Gasteiger partial charge in [-0.05, 0) is 12.8 Å². The van der Waals surface area contributed by atoms with Gasteiger partial charge < -0.3 is 15.0 Å². The molecule has 2 N–H and O–H groups in total. The molecule has 0 unspecified atom stereocenters. The Kier molecular flexibility index (Phi) is 4.43. The lowest BCUT2D eigenvalue weighted by Crippen LogP contribution is -2.50. The maximum absolute atomic E-state index is 12.1. The Morgan fingerprint density at radius 2 is 2.10 bits per heavy atom. The minimum absolute atomic E-state index is 0.0115. The van der Waals surface area contributed by atoms with E-state index in [9.17, 15) is 8.42 Å². The largest absolute Gasteiger partial charge is 0.384 e. The van der Waals surface area contributed by atoms with E-state index in [-0.39, 0.29) is 12.4 Å². The average Bonchev–Trinajstić information content (AvgIpc) is 2.84. The summed E-state index contributed by atoms with van der Waals surface area (Å²) in [5.74, 6) is 0.895. The topological polar surface area (TPSA) is 112 Å². The molecular formula is C11H20N4O4S. The maximum Gasteiger partial charge on any atom is 0.223 e. The van der Waals surface area contributed by atoms with Crippen LogP contribution in [0.3, 0.4) is 0 Å². The molecule has 1 fully saturated rings. The normalized spacial score (nSPS) is 20.1. The lowest BCUT2D eigenvalue weighted by Gasteiger charge is -2.36. The molecule has 1 saturated heterocycles. The molecular weight excluding hydrogens is 284 g/mol. The van der Waals surface area contributed by atoms with Gasteiger partial charge in [0.2, 0.25) is 15.9 Å². The van der Waals surface area contributed by atoms with Crippen molar-refractivity contribution in [2.45, 2.75) is 25.3 Å². The van der Waals surface area contributed by atoms with Crippen LogP contribution in [0.1, 0.15) is 24.6 Å². The Hall–Kier alpha value is -1.03. The Bertz CT molecular complexity index is 549. The van der Waals surface area contributed by atoms with Crippen molar-refractivity contribution in [1.29, 1.82) is 0 Å². The fraction of sp³-hybridized carbons (Fsp3) is 0.818. The van der Waals surface area contributed by atoms with E-state index >= 15 is 0 Å². The molecule has 1 aromatic rings. The second kappa shape index (κ2) is 5.76. The number of hydrogen-bond donors (Lipinski definition) is 1. The summed E-state index contributed by atoms with van der Waals surface area (Å²) in [7, 11) is -1.80. The number of nitrogens with zero attached hydrogens (tertiary/aromatic N) is 3. The number of aryl methyl sites for hydroxylation is 1. The second-order valence-corrected chi connectivity index (χ2v) is 7.09. The van der Waals surface area contributed by atoms with Crippen molar-refractivity contribution in [3.8, 4) is 0 Å². The molecule has 0 atom stereocenters. The van der Waals surface area contributed by atoms with E-state index in [0.29, 0.717) is 37.6 Å². The Morgan fingerprint density at radius 3 is 2.60 bits per heavy atom. The van der Waals surface area contributed by atoms with Crippen LogP contribution in [0.5, 0.6) is 0 Å². The lowest BCUT2D eigenvalue weighted by atomic mass is 9.89. The van der Waals surface area contributed by atoms with E-state index in [0.717, 1.165) is 0 Å². The molecule has 20 heavy (non-hydrogen) atoms. The van der Waals surface area contributed by atoms with Gasteiger partial charge in [0, 0.05) is 27.1 Å².